The Morgan fingerprint density at radius 2 is 2.00 bits per heavy atom. The minimum absolute atomic E-state index is 0.761. The van der Waals surface area contributed by atoms with Crippen molar-refractivity contribution in [2.45, 2.75) is 32.1 Å². The standard InChI is InChI=1S/C13H17ClN2S/c14-10-6-7-12-11(9-10)16-13(17-12)5-3-1-2-4-8-15/h6-7,9H,1-5,8,15H2. The molecule has 2 nitrogen and oxygen atoms in total. The third-order valence-corrected chi connectivity index (χ3v) is 4.07. The molecule has 0 radical (unpaired) electrons. The summed E-state index contributed by atoms with van der Waals surface area (Å²) in [5.74, 6) is 0. The molecule has 0 atom stereocenters. The summed E-state index contributed by atoms with van der Waals surface area (Å²) in [5, 5.41) is 1.98. The van der Waals surface area contributed by atoms with E-state index in [1.807, 2.05) is 18.2 Å². The van der Waals surface area contributed by atoms with Crippen molar-refractivity contribution in [1.29, 1.82) is 0 Å². The predicted octanol–water partition coefficient (Wildman–Crippen LogP) is 4.01. The average Bonchev–Trinajstić information content (AvgIpc) is 2.70. The molecule has 2 rings (SSSR count). The van der Waals surface area contributed by atoms with Gasteiger partial charge in [-0.05, 0) is 44.0 Å². The first kappa shape index (κ1) is 12.8. The highest BCUT2D eigenvalue weighted by Gasteiger charge is 2.03. The highest BCUT2D eigenvalue weighted by Crippen LogP contribution is 2.25. The molecule has 1 heterocycles. The van der Waals surface area contributed by atoms with Gasteiger partial charge < -0.3 is 5.73 Å². The smallest absolute Gasteiger partial charge is 0.0938 e. The van der Waals surface area contributed by atoms with Gasteiger partial charge in [0.2, 0.25) is 0 Å². The Hall–Kier alpha value is -0.640. The molecule has 2 N–H and O–H groups in total. The molecule has 0 aliphatic carbocycles. The van der Waals surface area contributed by atoms with Gasteiger partial charge in [0, 0.05) is 5.02 Å². The van der Waals surface area contributed by atoms with E-state index >= 15 is 0 Å². The van der Waals surface area contributed by atoms with Crippen LogP contribution in [0.1, 0.15) is 30.7 Å². The monoisotopic (exact) mass is 268 g/mol. The average molecular weight is 269 g/mol. The van der Waals surface area contributed by atoms with Crippen LogP contribution in [0.3, 0.4) is 0 Å². The zero-order valence-electron chi connectivity index (χ0n) is 9.79. The maximum absolute atomic E-state index is 5.94. The van der Waals surface area contributed by atoms with Gasteiger partial charge in [-0.25, -0.2) is 4.98 Å². The molecule has 2 aromatic rings. The van der Waals surface area contributed by atoms with Crippen molar-refractivity contribution in [1.82, 2.24) is 4.98 Å². The molecule has 0 saturated heterocycles. The van der Waals surface area contributed by atoms with Gasteiger partial charge in [-0.15, -0.1) is 11.3 Å². The molecule has 0 aliphatic rings. The molecule has 92 valence electrons. The van der Waals surface area contributed by atoms with E-state index in [1.165, 1.54) is 29.0 Å². The lowest BCUT2D eigenvalue weighted by Gasteiger charge is -1.97. The van der Waals surface area contributed by atoms with Crippen molar-refractivity contribution in [3.63, 3.8) is 0 Å². The summed E-state index contributed by atoms with van der Waals surface area (Å²) < 4.78 is 1.23. The lowest BCUT2D eigenvalue weighted by Crippen LogP contribution is -1.97. The fourth-order valence-corrected chi connectivity index (χ4v) is 2.99. The van der Waals surface area contributed by atoms with E-state index in [0.29, 0.717) is 0 Å². The van der Waals surface area contributed by atoms with Crippen LogP contribution in [0.5, 0.6) is 0 Å². The van der Waals surface area contributed by atoms with Gasteiger partial charge in [-0.1, -0.05) is 24.4 Å². The third-order valence-electron chi connectivity index (χ3n) is 2.74. The number of unbranched alkanes of at least 4 members (excludes halogenated alkanes) is 3. The number of hydrogen-bond acceptors (Lipinski definition) is 3. The maximum atomic E-state index is 5.94. The first-order chi connectivity index (χ1) is 8.29. The van der Waals surface area contributed by atoms with Crippen LogP contribution in [0.15, 0.2) is 18.2 Å². The summed E-state index contributed by atoms with van der Waals surface area (Å²) in [5.41, 5.74) is 6.49. The van der Waals surface area contributed by atoms with Crippen LogP contribution >= 0.6 is 22.9 Å². The quantitative estimate of drug-likeness (QED) is 0.804. The Morgan fingerprint density at radius 1 is 1.18 bits per heavy atom. The van der Waals surface area contributed by atoms with Crippen molar-refractivity contribution >= 4 is 33.2 Å². The van der Waals surface area contributed by atoms with E-state index in [9.17, 15) is 0 Å². The molecule has 0 amide bonds. The predicted molar refractivity (Wildman–Crippen MR) is 75.9 cm³/mol. The summed E-state index contributed by atoms with van der Waals surface area (Å²) in [4.78, 5) is 4.60. The lowest BCUT2D eigenvalue weighted by molar-refractivity contribution is 0.646. The number of fused-ring (bicyclic) bond motifs is 1. The summed E-state index contributed by atoms with van der Waals surface area (Å²) in [6.07, 6.45) is 5.88. The number of aromatic nitrogens is 1. The van der Waals surface area contributed by atoms with Crippen molar-refractivity contribution in [3.05, 3.63) is 28.2 Å². The summed E-state index contributed by atoms with van der Waals surface area (Å²) in [6, 6.07) is 5.91. The molecule has 17 heavy (non-hydrogen) atoms. The Morgan fingerprint density at radius 3 is 2.82 bits per heavy atom. The van der Waals surface area contributed by atoms with Crippen LogP contribution in [0.2, 0.25) is 5.02 Å². The van der Waals surface area contributed by atoms with Crippen molar-refractivity contribution in [2.75, 3.05) is 6.54 Å². The molecule has 0 saturated carbocycles. The first-order valence-electron chi connectivity index (χ1n) is 6.04. The van der Waals surface area contributed by atoms with Crippen LogP contribution in [-0.4, -0.2) is 11.5 Å². The Balaban J connectivity index is 1.91. The number of halogens is 1. The van der Waals surface area contributed by atoms with E-state index in [-0.39, 0.29) is 0 Å². The van der Waals surface area contributed by atoms with Crippen LogP contribution in [0, 0.1) is 0 Å². The van der Waals surface area contributed by atoms with Gasteiger partial charge in [-0.3, -0.25) is 0 Å². The van der Waals surface area contributed by atoms with Crippen molar-refractivity contribution in [2.24, 2.45) is 5.73 Å². The van der Waals surface area contributed by atoms with E-state index in [1.54, 1.807) is 11.3 Å². The molecule has 1 aromatic heterocycles. The molecule has 1 aromatic carbocycles. The normalized spacial score (nSPS) is 11.2. The van der Waals surface area contributed by atoms with Crippen LogP contribution in [0.4, 0.5) is 0 Å². The van der Waals surface area contributed by atoms with Gasteiger partial charge in [0.15, 0.2) is 0 Å². The van der Waals surface area contributed by atoms with E-state index in [0.717, 1.165) is 29.9 Å². The molecule has 4 heteroatoms. The second-order valence-electron chi connectivity index (χ2n) is 4.17. The lowest BCUT2D eigenvalue weighted by atomic mass is 10.1. The molecule has 0 unspecified atom stereocenters. The number of nitrogens with two attached hydrogens (primary N) is 1. The largest absolute Gasteiger partial charge is 0.330 e. The topological polar surface area (TPSA) is 38.9 Å². The van der Waals surface area contributed by atoms with E-state index in [4.69, 9.17) is 17.3 Å². The number of hydrogen-bond donors (Lipinski definition) is 1. The van der Waals surface area contributed by atoms with Gasteiger partial charge in [0.1, 0.15) is 0 Å². The molecule has 0 spiro atoms. The number of benzene rings is 1. The zero-order valence-corrected chi connectivity index (χ0v) is 11.4. The minimum atomic E-state index is 0.761. The maximum Gasteiger partial charge on any atom is 0.0938 e. The fourth-order valence-electron chi connectivity index (χ4n) is 1.83. The second-order valence-corrected chi connectivity index (χ2v) is 5.72. The first-order valence-corrected chi connectivity index (χ1v) is 7.24. The van der Waals surface area contributed by atoms with Crippen molar-refractivity contribution < 1.29 is 0 Å². The SMILES string of the molecule is NCCCCCCc1nc2cc(Cl)ccc2s1. The summed E-state index contributed by atoms with van der Waals surface area (Å²) in [7, 11) is 0. The second kappa shape index (κ2) is 6.34. The van der Waals surface area contributed by atoms with Gasteiger partial charge in [0.05, 0.1) is 15.2 Å². The Labute approximate surface area is 111 Å². The van der Waals surface area contributed by atoms with Crippen LogP contribution in [-0.2, 0) is 6.42 Å². The molecule has 0 aliphatic heterocycles. The summed E-state index contributed by atoms with van der Waals surface area (Å²) in [6.45, 7) is 0.805. The highest BCUT2D eigenvalue weighted by molar-refractivity contribution is 7.18. The number of thiazole rings is 1. The van der Waals surface area contributed by atoms with Gasteiger partial charge in [0.25, 0.3) is 0 Å². The van der Waals surface area contributed by atoms with Crippen LogP contribution in [0.25, 0.3) is 10.2 Å². The van der Waals surface area contributed by atoms with E-state index < -0.39 is 0 Å². The Bertz CT molecular complexity index is 481. The minimum Gasteiger partial charge on any atom is -0.330 e. The number of nitrogens with zero attached hydrogens (tertiary/aromatic N) is 1. The molecule has 0 fully saturated rings. The van der Waals surface area contributed by atoms with Crippen molar-refractivity contribution in [3.8, 4) is 0 Å². The number of rotatable bonds is 6. The summed E-state index contributed by atoms with van der Waals surface area (Å²) >= 11 is 7.72. The third kappa shape index (κ3) is 3.66. The molecular weight excluding hydrogens is 252 g/mol. The van der Waals surface area contributed by atoms with Gasteiger partial charge >= 0.3 is 0 Å². The van der Waals surface area contributed by atoms with Crippen LogP contribution < -0.4 is 5.73 Å². The fraction of sp³-hybridized carbons (Fsp3) is 0.462. The highest BCUT2D eigenvalue weighted by atomic mass is 35.5. The zero-order chi connectivity index (χ0) is 12.1. The van der Waals surface area contributed by atoms with Gasteiger partial charge in [-0.2, -0.15) is 0 Å². The number of aryl methyl sites for hydroxylation is 1. The molecule has 0 bridgehead atoms. The Kier molecular flexibility index (Phi) is 4.77. The molecular formula is C13H17ClN2S. The van der Waals surface area contributed by atoms with E-state index in [2.05, 4.69) is 4.98 Å².